The van der Waals surface area contributed by atoms with Crippen LogP contribution in [0.4, 0.5) is 6.01 Å². The predicted molar refractivity (Wildman–Crippen MR) is 78.1 cm³/mol. The molecule has 1 saturated heterocycles. The summed E-state index contributed by atoms with van der Waals surface area (Å²) in [6.45, 7) is 8.69. The molecule has 1 aliphatic rings. The molecule has 1 aromatic rings. The Labute approximate surface area is 125 Å². The van der Waals surface area contributed by atoms with Gasteiger partial charge in [-0.3, -0.25) is 4.79 Å². The van der Waals surface area contributed by atoms with Crippen LogP contribution in [0.15, 0.2) is 4.42 Å². The van der Waals surface area contributed by atoms with Crippen molar-refractivity contribution < 1.29 is 13.9 Å². The molecule has 1 fully saturated rings. The van der Waals surface area contributed by atoms with E-state index in [1.807, 2.05) is 25.7 Å². The average Bonchev–Trinajstić information content (AvgIpc) is 3.00. The molecule has 0 saturated carbocycles. The van der Waals surface area contributed by atoms with Crippen molar-refractivity contribution in [3.63, 3.8) is 0 Å². The monoisotopic (exact) mass is 296 g/mol. The summed E-state index contributed by atoms with van der Waals surface area (Å²) in [6.07, 6.45) is 0.553. The molecule has 2 heterocycles. The zero-order chi connectivity index (χ0) is 15.5. The van der Waals surface area contributed by atoms with Gasteiger partial charge in [-0.1, -0.05) is 25.9 Å². The molecule has 1 N–H and O–H groups in total. The first kappa shape index (κ1) is 15.8. The van der Waals surface area contributed by atoms with Gasteiger partial charge >= 0.3 is 6.01 Å². The minimum Gasteiger partial charge on any atom is -0.408 e. The molecule has 1 aromatic heterocycles. The molecule has 0 unspecified atom stereocenters. The third-order valence-corrected chi connectivity index (χ3v) is 3.47. The second-order valence-electron chi connectivity index (χ2n) is 6.45. The maximum absolute atomic E-state index is 11.8. The molecule has 0 spiro atoms. The first-order valence-electron chi connectivity index (χ1n) is 7.24. The topological polar surface area (TPSA) is 80.5 Å². The fourth-order valence-corrected chi connectivity index (χ4v) is 2.24. The highest BCUT2D eigenvalue weighted by molar-refractivity contribution is 5.78. The van der Waals surface area contributed by atoms with Crippen LogP contribution < -0.4 is 5.32 Å². The van der Waals surface area contributed by atoms with Gasteiger partial charge in [0.25, 0.3) is 0 Å². The molecule has 1 aliphatic heterocycles. The van der Waals surface area contributed by atoms with Gasteiger partial charge in [0.05, 0.1) is 6.61 Å². The highest BCUT2D eigenvalue weighted by Crippen LogP contribution is 2.23. The largest absolute Gasteiger partial charge is 0.408 e. The molecule has 118 valence electrons. The number of methoxy groups -OCH3 is 1. The second kappa shape index (κ2) is 6.43. The van der Waals surface area contributed by atoms with Crippen LogP contribution in [0.2, 0.25) is 0 Å². The minimum absolute atomic E-state index is 0.160. The number of rotatable bonds is 6. The van der Waals surface area contributed by atoms with Gasteiger partial charge in [-0.2, -0.15) is 0 Å². The molecule has 0 aromatic carbocycles. The molecule has 1 atom stereocenters. The lowest BCUT2D eigenvalue weighted by atomic mass is 9.97. The van der Waals surface area contributed by atoms with Gasteiger partial charge in [0.15, 0.2) is 0 Å². The predicted octanol–water partition coefficient (Wildman–Crippen LogP) is 1.27. The van der Waals surface area contributed by atoms with E-state index in [0.717, 1.165) is 6.54 Å². The zero-order valence-electron chi connectivity index (χ0n) is 13.2. The maximum atomic E-state index is 11.8. The second-order valence-corrected chi connectivity index (χ2v) is 6.45. The van der Waals surface area contributed by atoms with E-state index >= 15 is 0 Å². The minimum atomic E-state index is -0.160. The van der Waals surface area contributed by atoms with E-state index in [9.17, 15) is 4.79 Å². The Hall–Kier alpha value is -1.63. The summed E-state index contributed by atoms with van der Waals surface area (Å²) in [5, 5.41) is 11.1. The first-order chi connectivity index (χ1) is 9.90. The highest BCUT2D eigenvalue weighted by Gasteiger charge is 2.29. The van der Waals surface area contributed by atoms with Crippen molar-refractivity contribution in [3.8, 4) is 0 Å². The van der Waals surface area contributed by atoms with Crippen molar-refractivity contribution in [2.45, 2.75) is 32.6 Å². The standard InChI is InChI=1S/C14H24N4O3/c1-14(2,3)12-16-17-13(21-12)15-8-10-7-11(19)18(9-10)5-6-20-4/h10H,5-9H2,1-4H3,(H,15,17)/t10-/m1/s1. The maximum Gasteiger partial charge on any atom is 0.315 e. The molecule has 0 bridgehead atoms. The average molecular weight is 296 g/mol. The van der Waals surface area contributed by atoms with E-state index in [-0.39, 0.29) is 17.2 Å². The molecule has 7 nitrogen and oxygen atoms in total. The summed E-state index contributed by atoms with van der Waals surface area (Å²) in [6, 6.07) is 0.419. The lowest BCUT2D eigenvalue weighted by Gasteiger charge is -2.15. The van der Waals surface area contributed by atoms with E-state index < -0.39 is 0 Å². The van der Waals surface area contributed by atoms with Gasteiger partial charge in [-0.25, -0.2) is 0 Å². The van der Waals surface area contributed by atoms with Gasteiger partial charge in [0.2, 0.25) is 11.8 Å². The number of likely N-dealkylation sites (tertiary alicyclic amines) is 1. The number of aromatic nitrogens is 2. The van der Waals surface area contributed by atoms with Crippen LogP contribution in [0.1, 0.15) is 33.1 Å². The molecule has 2 rings (SSSR count). The van der Waals surface area contributed by atoms with E-state index in [2.05, 4.69) is 15.5 Å². The van der Waals surface area contributed by atoms with Crippen molar-refractivity contribution in [2.24, 2.45) is 5.92 Å². The number of anilines is 1. The van der Waals surface area contributed by atoms with Crippen molar-refractivity contribution >= 4 is 11.9 Å². The van der Waals surface area contributed by atoms with Gasteiger partial charge in [-0.05, 0) is 0 Å². The van der Waals surface area contributed by atoms with Gasteiger partial charge < -0.3 is 19.4 Å². The van der Waals surface area contributed by atoms with Crippen molar-refractivity contribution in [1.29, 1.82) is 0 Å². The van der Waals surface area contributed by atoms with Crippen LogP contribution in [-0.2, 0) is 14.9 Å². The number of hydrogen-bond acceptors (Lipinski definition) is 6. The Bertz CT molecular complexity index is 481. The lowest BCUT2D eigenvalue weighted by molar-refractivity contribution is -0.128. The molecule has 7 heteroatoms. The van der Waals surface area contributed by atoms with Crippen LogP contribution in [0.5, 0.6) is 0 Å². The van der Waals surface area contributed by atoms with Crippen LogP contribution >= 0.6 is 0 Å². The fourth-order valence-electron chi connectivity index (χ4n) is 2.24. The highest BCUT2D eigenvalue weighted by atomic mass is 16.5. The third kappa shape index (κ3) is 4.17. The number of carbonyl (C=O) groups excluding carboxylic acids is 1. The number of nitrogens with zero attached hydrogens (tertiary/aromatic N) is 3. The van der Waals surface area contributed by atoms with E-state index in [0.29, 0.717) is 38.0 Å². The number of amides is 1. The van der Waals surface area contributed by atoms with Crippen molar-refractivity contribution in [1.82, 2.24) is 15.1 Å². The summed E-state index contributed by atoms with van der Waals surface area (Å²) >= 11 is 0. The fraction of sp³-hybridized carbons (Fsp3) is 0.786. The van der Waals surface area contributed by atoms with Gasteiger partial charge in [-0.15, -0.1) is 5.10 Å². The smallest absolute Gasteiger partial charge is 0.315 e. The summed E-state index contributed by atoms with van der Waals surface area (Å²) in [7, 11) is 1.64. The normalized spacial score (nSPS) is 19.3. The summed E-state index contributed by atoms with van der Waals surface area (Å²) < 4.78 is 10.6. The summed E-state index contributed by atoms with van der Waals surface area (Å²) in [5.41, 5.74) is -0.160. The van der Waals surface area contributed by atoms with Crippen LogP contribution in [0, 0.1) is 5.92 Å². The Morgan fingerprint density at radius 2 is 2.19 bits per heavy atom. The van der Waals surface area contributed by atoms with Crippen LogP contribution in [0.25, 0.3) is 0 Å². The Balaban J connectivity index is 1.81. The first-order valence-corrected chi connectivity index (χ1v) is 7.24. The molecule has 21 heavy (non-hydrogen) atoms. The Morgan fingerprint density at radius 3 is 2.81 bits per heavy atom. The molecule has 0 aliphatic carbocycles. The summed E-state index contributed by atoms with van der Waals surface area (Å²) in [5.74, 6) is 1.05. The Morgan fingerprint density at radius 1 is 1.43 bits per heavy atom. The SMILES string of the molecule is COCCN1C[C@@H](CNc2nnc(C(C)(C)C)o2)CC1=O. The zero-order valence-corrected chi connectivity index (χ0v) is 13.2. The number of carbonyl (C=O) groups is 1. The van der Waals surface area contributed by atoms with E-state index in [1.165, 1.54) is 0 Å². The van der Waals surface area contributed by atoms with E-state index in [1.54, 1.807) is 7.11 Å². The quantitative estimate of drug-likeness (QED) is 0.851. The lowest BCUT2D eigenvalue weighted by Crippen LogP contribution is -2.29. The van der Waals surface area contributed by atoms with Crippen molar-refractivity contribution in [2.75, 3.05) is 38.7 Å². The van der Waals surface area contributed by atoms with E-state index in [4.69, 9.17) is 9.15 Å². The molecule has 1 amide bonds. The molecule has 0 radical (unpaired) electrons. The van der Waals surface area contributed by atoms with Crippen LogP contribution in [0.3, 0.4) is 0 Å². The van der Waals surface area contributed by atoms with Crippen molar-refractivity contribution in [3.05, 3.63) is 5.89 Å². The molecular formula is C14H24N4O3. The Kier molecular flexibility index (Phi) is 4.82. The number of hydrogen-bond donors (Lipinski definition) is 1. The van der Waals surface area contributed by atoms with Gasteiger partial charge in [0, 0.05) is 44.5 Å². The summed E-state index contributed by atoms with van der Waals surface area (Å²) in [4.78, 5) is 13.7. The number of ether oxygens (including phenoxy) is 1. The number of nitrogens with one attached hydrogen (secondary N) is 1. The molecular weight excluding hydrogens is 272 g/mol. The third-order valence-electron chi connectivity index (χ3n) is 3.47. The van der Waals surface area contributed by atoms with Crippen LogP contribution in [-0.4, -0.2) is 54.4 Å². The van der Waals surface area contributed by atoms with Gasteiger partial charge in [0.1, 0.15) is 0 Å².